The smallest absolute Gasteiger partial charge is 0.341 e. The first-order valence-corrected chi connectivity index (χ1v) is 10.7. The summed E-state index contributed by atoms with van der Waals surface area (Å²) in [5.41, 5.74) is 2.72. The van der Waals surface area contributed by atoms with Gasteiger partial charge in [0, 0.05) is 29.4 Å². The Labute approximate surface area is 174 Å². The number of aryl methyl sites for hydroxylation is 1. The van der Waals surface area contributed by atoms with Crippen molar-refractivity contribution >= 4 is 39.8 Å². The van der Waals surface area contributed by atoms with Crippen LogP contribution in [0.1, 0.15) is 46.1 Å². The number of fused-ring (bicyclic) bond motifs is 1. The number of carbonyl (C=O) groups is 2. The highest BCUT2D eigenvalue weighted by molar-refractivity contribution is 7.17. The molecule has 0 spiro atoms. The van der Waals surface area contributed by atoms with E-state index in [4.69, 9.17) is 16.3 Å². The van der Waals surface area contributed by atoms with Crippen LogP contribution >= 0.6 is 22.9 Å². The van der Waals surface area contributed by atoms with Gasteiger partial charge >= 0.3 is 5.97 Å². The van der Waals surface area contributed by atoms with E-state index in [2.05, 4.69) is 17.3 Å². The molecule has 0 unspecified atom stereocenters. The van der Waals surface area contributed by atoms with Gasteiger partial charge in [0.15, 0.2) is 0 Å². The van der Waals surface area contributed by atoms with Crippen molar-refractivity contribution in [3.8, 4) is 0 Å². The number of benzene rings is 1. The summed E-state index contributed by atoms with van der Waals surface area (Å²) < 4.78 is 5.24. The van der Waals surface area contributed by atoms with Gasteiger partial charge in [-0.2, -0.15) is 0 Å². The van der Waals surface area contributed by atoms with Crippen molar-refractivity contribution in [1.29, 1.82) is 0 Å². The van der Waals surface area contributed by atoms with Crippen molar-refractivity contribution < 1.29 is 14.3 Å². The molecule has 0 saturated heterocycles. The second kappa shape index (κ2) is 9.54. The summed E-state index contributed by atoms with van der Waals surface area (Å²) in [6.07, 6.45) is 2.73. The molecule has 1 aromatic carbocycles. The van der Waals surface area contributed by atoms with Crippen molar-refractivity contribution in [3.63, 3.8) is 0 Å². The third kappa shape index (κ3) is 5.13. The summed E-state index contributed by atoms with van der Waals surface area (Å²) in [6.45, 7) is 3.79. The number of ether oxygens (including phenoxy) is 1. The molecule has 150 valence electrons. The minimum Gasteiger partial charge on any atom is -0.462 e. The number of amides is 1. The van der Waals surface area contributed by atoms with Gasteiger partial charge in [-0.1, -0.05) is 23.7 Å². The molecular formula is C21H25ClN2O3S. The summed E-state index contributed by atoms with van der Waals surface area (Å²) in [4.78, 5) is 28.3. The number of nitrogens with zero attached hydrogens (tertiary/aromatic N) is 1. The average Bonchev–Trinajstić information content (AvgIpc) is 3.00. The fourth-order valence-electron chi connectivity index (χ4n) is 3.33. The monoisotopic (exact) mass is 420 g/mol. The maximum Gasteiger partial charge on any atom is 0.341 e. The van der Waals surface area contributed by atoms with Crippen LogP contribution in [0.25, 0.3) is 0 Å². The largest absolute Gasteiger partial charge is 0.462 e. The maximum absolute atomic E-state index is 12.5. The molecule has 7 heteroatoms. The summed E-state index contributed by atoms with van der Waals surface area (Å²) in [6, 6.07) is 7.66. The standard InChI is InChI=1S/C21H25ClN2O3S/c1-3-27-21(26)19-16-11-12-24(2)13-17(16)28-20(19)23-18(25)6-4-5-14-7-9-15(22)10-8-14/h7-10H,3-6,11-13H2,1-2H3,(H,23,25). The summed E-state index contributed by atoms with van der Waals surface area (Å²) in [7, 11) is 2.06. The van der Waals surface area contributed by atoms with Gasteiger partial charge in [-0.25, -0.2) is 4.79 Å². The molecule has 1 amide bonds. The Hall–Kier alpha value is -1.89. The van der Waals surface area contributed by atoms with Crippen molar-refractivity contribution in [3.05, 3.63) is 50.9 Å². The van der Waals surface area contributed by atoms with Crippen molar-refractivity contribution in [2.24, 2.45) is 0 Å². The van der Waals surface area contributed by atoms with Gasteiger partial charge < -0.3 is 15.0 Å². The van der Waals surface area contributed by atoms with E-state index in [9.17, 15) is 9.59 Å². The zero-order valence-corrected chi connectivity index (χ0v) is 17.8. The predicted molar refractivity (Wildman–Crippen MR) is 113 cm³/mol. The van der Waals surface area contributed by atoms with E-state index in [-0.39, 0.29) is 11.9 Å². The molecule has 1 aromatic heterocycles. The van der Waals surface area contributed by atoms with Gasteiger partial charge in [-0.15, -0.1) is 11.3 Å². The Morgan fingerprint density at radius 3 is 2.75 bits per heavy atom. The van der Waals surface area contributed by atoms with E-state index < -0.39 is 0 Å². The third-order valence-corrected chi connectivity index (χ3v) is 6.15. The SMILES string of the molecule is CCOC(=O)c1c(NC(=O)CCCc2ccc(Cl)cc2)sc2c1CCN(C)C2. The summed E-state index contributed by atoms with van der Waals surface area (Å²) >= 11 is 7.39. The molecule has 0 radical (unpaired) electrons. The van der Waals surface area contributed by atoms with Gasteiger partial charge in [0.25, 0.3) is 0 Å². The Bertz CT molecular complexity index is 848. The Kier molecular flexibility index (Phi) is 7.10. The highest BCUT2D eigenvalue weighted by atomic mass is 35.5. The molecule has 1 N–H and O–H groups in total. The van der Waals surface area contributed by atoms with Gasteiger partial charge in [-0.3, -0.25) is 4.79 Å². The van der Waals surface area contributed by atoms with E-state index in [0.29, 0.717) is 28.6 Å². The lowest BCUT2D eigenvalue weighted by Gasteiger charge is -2.22. The van der Waals surface area contributed by atoms with Crippen LogP contribution in [0.4, 0.5) is 5.00 Å². The second-order valence-electron chi connectivity index (χ2n) is 6.94. The first-order valence-electron chi connectivity index (χ1n) is 9.52. The molecule has 0 fully saturated rings. The number of rotatable bonds is 7. The molecule has 0 bridgehead atoms. The van der Waals surface area contributed by atoms with Gasteiger partial charge in [-0.05, 0) is 56.5 Å². The highest BCUT2D eigenvalue weighted by Gasteiger charge is 2.28. The number of halogens is 1. The lowest BCUT2D eigenvalue weighted by atomic mass is 10.0. The lowest BCUT2D eigenvalue weighted by Crippen LogP contribution is -2.26. The number of esters is 1. The van der Waals surface area contributed by atoms with E-state index in [0.717, 1.165) is 48.4 Å². The summed E-state index contributed by atoms with van der Waals surface area (Å²) in [5, 5.41) is 4.29. The number of hydrogen-bond donors (Lipinski definition) is 1. The maximum atomic E-state index is 12.5. The van der Waals surface area contributed by atoms with Gasteiger partial charge in [0.05, 0.1) is 12.2 Å². The molecule has 5 nitrogen and oxygen atoms in total. The number of hydrogen-bond acceptors (Lipinski definition) is 5. The second-order valence-corrected chi connectivity index (χ2v) is 8.49. The van der Waals surface area contributed by atoms with Gasteiger partial charge in [0.2, 0.25) is 5.91 Å². The highest BCUT2D eigenvalue weighted by Crippen LogP contribution is 2.37. The van der Waals surface area contributed by atoms with Crippen molar-refractivity contribution in [2.75, 3.05) is 25.5 Å². The third-order valence-electron chi connectivity index (χ3n) is 4.76. The van der Waals surface area contributed by atoms with Crippen LogP contribution in [0.5, 0.6) is 0 Å². The van der Waals surface area contributed by atoms with Crippen LogP contribution in [0.15, 0.2) is 24.3 Å². The quantitative estimate of drug-likeness (QED) is 0.668. The fourth-order valence-corrected chi connectivity index (χ4v) is 4.79. The van der Waals surface area contributed by atoms with Crippen LogP contribution in [0.2, 0.25) is 5.02 Å². The van der Waals surface area contributed by atoms with Crippen molar-refractivity contribution in [1.82, 2.24) is 4.90 Å². The first-order chi connectivity index (χ1) is 13.5. The van der Waals surface area contributed by atoms with Crippen LogP contribution < -0.4 is 5.32 Å². The van der Waals surface area contributed by atoms with Crippen LogP contribution in [0.3, 0.4) is 0 Å². The van der Waals surface area contributed by atoms with Gasteiger partial charge in [0.1, 0.15) is 5.00 Å². The molecule has 2 heterocycles. The lowest BCUT2D eigenvalue weighted by molar-refractivity contribution is -0.116. The van der Waals surface area contributed by atoms with E-state index in [1.165, 1.54) is 11.3 Å². The normalized spacial score (nSPS) is 13.8. The average molecular weight is 421 g/mol. The Morgan fingerprint density at radius 2 is 2.04 bits per heavy atom. The Morgan fingerprint density at radius 1 is 1.29 bits per heavy atom. The minimum atomic E-state index is -0.346. The Balaban J connectivity index is 1.66. The fraction of sp³-hybridized carbons (Fsp3) is 0.429. The number of anilines is 1. The molecule has 2 aromatic rings. The summed E-state index contributed by atoms with van der Waals surface area (Å²) in [5.74, 6) is -0.424. The molecule has 1 aliphatic heterocycles. The molecule has 0 atom stereocenters. The number of likely N-dealkylation sites (N-methyl/N-ethyl adjacent to an activating group) is 1. The molecule has 28 heavy (non-hydrogen) atoms. The van der Waals surface area contributed by atoms with Crippen molar-refractivity contribution in [2.45, 2.75) is 39.2 Å². The van der Waals surface area contributed by atoms with E-state index >= 15 is 0 Å². The predicted octanol–water partition coefficient (Wildman–Crippen LogP) is 4.53. The number of nitrogens with one attached hydrogen (secondary N) is 1. The van der Waals surface area contributed by atoms with Crippen LogP contribution in [-0.2, 0) is 28.9 Å². The zero-order valence-electron chi connectivity index (χ0n) is 16.2. The topological polar surface area (TPSA) is 58.6 Å². The minimum absolute atomic E-state index is 0.0773. The van der Waals surface area contributed by atoms with E-state index in [1.807, 2.05) is 24.3 Å². The first kappa shape index (κ1) is 20.8. The molecule has 1 aliphatic rings. The molecule has 0 saturated carbocycles. The molecule has 0 aliphatic carbocycles. The zero-order chi connectivity index (χ0) is 20.1. The molecular weight excluding hydrogens is 396 g/mol. The van der Waals surface area contributed by atoms with E-state index in [1.54, 1.807) is 6.92 Å². The van der Waals surface area contributed by atoms with Crippen LogP contribution in [-0.4, -0.2) is 37.0 Å². The van der Waals surface area contributed by atoms with Crippen LogP contribution in [0, 0.1) is 0 Å². The number of thiophene rings is 1. The number of carbonyl (C=O) groups excluding carboxylic acids is 2. The molecule has 3 rings (SSSR count).